The van der Waals surface area contributed by atoms with Crippen molar-refractivity contribution in [3.63, 3.8) is 0 Å². The Kier molecular flexibility index (Phi) is 5.25. The molecule has 32 heavy (non-hydrogen) atoms. The minimum Gasteiger partial charge on any atom is -0.507 e. The van der Waals surface area contributed by atoms with E-state index in [2.05, 4.69) is 0 Å². The van der Waals surface area contributed by atoms with E-state index in [1.165, 1.54) is 19.4 Å². The van der Waals surface area contributed by atoms with Gasteiger partial charge in [0.15, 0.2) is 17.1 Å². The van der Waals surface area contributed by atoms with Crippen LogP contribution in [0, 0.1) is 0 Å². The molecule has 3 aromatic rings. The van der Waals surface area contributed by atoms with Crippen LogP contribution in [0.5, 0.6) is 23.0 Å². The van der Waals surface area contributed by atoms with Crippen LogP contribution < -0.4 is 14.9 Å². The molecule has 0 spiro atoms. The van der Waals surface area contributed by atoms with Crippen LogP contribution in [-0.4, -0.2) is 22.9 Å². The molecule has 0 radical (unpaired) electrons. The maximum atomic E-state index is 13.5. The van der Waals surface area contributed by atoms with Gasteiger partial charge < -0.3 is 24.1 Å². The fraction of sp³-hybridized carbons (Fsp3) is 0.269. The van der Waals surface area contributed by atoms with E-state index in [1.807, 2.05) is 45.9 Å². The van der Waals surface area contributed by atoms with E-state index >= 15 is 0 Å². The molecule has 6 heteroatoms. The van der Waals surface area contributed by atoms with Crippen molar-refractivity contribution in [3.8, 4) is 34.1 Å². The van der Waals surface area contributed by atoms with Gasteiger partial charge in [-0.2, -0.15) is 0 Å². The number of methoxy groups -OCH3 is 1. The van der Waals surface area contributed by atoms with E-state index in [0.717, 1.165) is 5.57 Å². The lowest BCUT2D eigenvalue weighted by Gasteiger charge is -2.30. The highest BCUT2D eigenvalue weighted by atomic mass is 16.5. The molecule has 2 aromatic carbocycles. The van der Waals surface area contributed by atoms with Gasteiger partial charge in [0.1, 0.15) is 28.7 Å². The standard InChI is InChI=1S/C26H26O6/c1-14(2)6-8-16-22(28)21-23(29)18(15-7-9-19(27)20(12-15)30-5)13-31-25(21)17-10-11-26(3,4)32-24(16)17/h6-7,9-13,27-28H,8H2,1-5H3. The van der Waals surface area contributed by atoms with Crippen LogP contribution in [0.4, 0.5) is 0 Å². The molecule has 0 bridgehead atoms. The molecule has 0 unspecified atom stereocenters. The quantitative estimate of drug-likeness (QED) is 0.522. The average Bonchev–Trinajstić information content (AvgIpc) is 2.73. The van der Waals surface area contributed by atoms with Crippen LogP contribution in [0.15, 0.2) is 51.4 Å². The maximum Gasteiger partial charge on any atom is 0.204 e. The van der Waals surface area contributed by atoms with Crippen molar-refractivity contribution >= 4 is 17.0 Å². The van der Waals surface area contributed by atoms with Gasteiger partial charge in [-0.1, -0.05) is 17.7 Å². The van der Waals surface area contributed by atoms with Crippen LogP contribution in [0.1, 0.15) is 38.8 Å². The minimum atomic E-state index is -0.560. The first-order valence-corrected chi connectivity index (χ1v) is 10.3. The van der Waals surface area contributed by atoms with Gasteiger partial charge in [0, 0.05) is 5.56 Å². The molecule has 0 saturated heterocycles. The summed E-state index contributed by atoms with van der Waals surface area (Å²) in [6.07, 6.45) is 7.52. The second-order valence-electron chi connectivity index (χ2n) is 8.66. The molecule has 0 amide bonds. The van der Waals surface area contributed by atoms with Crippen molar-refractivity contribution in [1.82, 2.24) is 0 Å². The Balaban J connectivity index is 2.03. The lowest BCUT2D eigenvalue weighted by atomic mass is 9.93. The summed E-state index contributed by atoms with van der Waals surface area (Å²) < 4.78 is 17.2. The number of phenolic OH excluding ortho intramolecular Hbond substituents is 2. The summed E-state index contributed by atoms with van der Waals surface area (Å²) in [5, 5.41) is 21.2. The molecule has 0 fully saturated rings. The summed E-state index contributed by atoms with van der Waals surface area (Å²) >= 11 is 0. The predicted octanol–water partition coefficient (Wildman–Crippen LogP) is 5.57. The molecule has 166 valence electrons. The second-order valence-corrected chi connectivity index (χ2v) is 8.66. The minimum absolute atomic E-state index is 0.0350. The summed E-state index contributed by atoms with van der Waals surface area (Å²) in [4.78, 5) is 13.5. The average molecular weight is 434 g/mol. The van der Waals surface area contributed by atoms with Crippen molar-refractivity contribution in [3.05, 3.63) is 63.5 Å². The molecule has 0 saturated carbocycles. The van der Waals surface area contributed by atoms with Gasteiger partial charge in [0.05, 0.1) is 18.2 Å². The summed E-state index contributed by atoms with van der Waals surface area (Å²) in [5.41, 5.74) is 2.34. The first-order valence-electron chi connectivity index (χ1n) is 10.3. The van der Waals surface area contributed by atoms with Crippen molar-refractivity contribution in [2.24, 2.45) is 0 Å². The number of fused-ring (bicyclic) bond motifs is 3. The zero-order chi connectivity index (χ0) is 23.2. The van der Waals surface area contributed by atoms with E-state index < -0.39 is 5.60 Å². The number of phenols is 2. The molecule has 0 aliphatic carbocycles. The molecule has 0 atom stereocenters. The Morgan fingerprint density at radius 3 is 2.66 bits per heavy atom. The molecule has 1 aliphatic rings. The number of hydrogen-bond donors (Lipinski definition) is 2. The number of allylic oxidation sites excluding steroid dienone is 2. The van der Waals surface area contributed by atoms with Gasteiger partial charge in [-0.25, -0.2) is 0 Å². The first-order chi connectivity index (χ1) is 15.1. The second kappa shape index (κ2) is 7.79. The third kappa shape index (κ3) is 3.62. The van der Waals surface area contributed by atoms with Crippen molar-refractivity contribution < 1.29 is 24.1 Å². The maximum absolute atomic E-state index is 13.5. The Morgan fingerprint density at radius 1 is 1.22 bits per heavy atom. The summed E-state index contributed by atoms with van der Waals surface area (Å²) in [6, 6.07) is 4.60. The first kappa shape index (κ1) is 21.6. The van der Waals surface area contributed by atoms with Gasteiger partial charge in [-0.3, -0.25) is 4.79 Å². The fourth-order valence-electron chi connectivity index (χ4n) is 3.79. The molecule has 2 N–H and O–H groups in total. The molecule has 6 nitrogen and oxygen atoms in total. The highest BCUT2D eigenvalue weighted by molar-refractivity contribution is 5.97. The molecule has 4 rings (SSSR count). The lowest BCUT2D eigenvalue weighted by molar-refractivity contribution is 0.157. The van der Waals surface area contributed by atoms with Crippen LogP contribution in [-0.2, 0) is 6.42 Å². The largest absolute Gasteiger partial charge is 0.507 e. The Morgan fingerprint density at radius 2 is 1.97 bits per heavy atom. The van der Waals surface area contributed by atoms with E-state index in [-0.39, 0.29) is 39.2 Å². The van der Waals surface area contributed by atoms with Crippen molar-refractivity contribution in [1.29, 1.82) is 0 Å². The van der Waals surface area contributed by atoms with Crippen molar-refractivity contribution in [2.45, 2.75) is 39.7 Å². The lowest BCUT2D eigenvalue weighted by Crippen LogP contribution is -2.28. The van der Waals surface area contributed by atoms with Gasteiger partial charge in [0.2, 0.25) is 5.43 Å². The van der Waals surface area contributed by atoms with Gasteiger partial charge in [-0.15, -0.1) is 0 Å². The van der Waals surface area contributed by atoms with Crippen LogP contribution in [0.2, 0.25) is 0 Å². The van der Waals surface area contributed by atoms with Crippen LogP contribution in [0.3, 0.4) is 0 Å². The normalized spacial score (nSPS) is 14.0. The van der Waals surface area contributed by atoms with Crippen LogP contribution >= 0.6 is 0 Å². The van der Waals surface area contributed by atoms with Crippen molar-refractivity contribution in [2.75, 3.05) is 7.11 Å². The van der Waals surface area contributed by atoms with Gasteiger partial charge in [-0.05, 0) is 64.0 Å². The Hall–Kier alpha value is -3.67. The van der Waals surface area contributed by atoms with Gasteiger partial charge in [0.25, 0.3) is 0 Å². The highest BCUT2D eigenvalue weighted by Gasteiger charge is 2.30. The smallest absolute Gasteiger partial charge is 0.204 e. The number of hydrogen-bond acceptors (Lipinski definition) is 6. The number of rotatable bonds is 4. The van der Waals surface area contributed by atoms with E-state index in [1.54, 1.807) is 12.1 Å². The fourth-order valence-corrected chi connectivity index (χ4v) is 3.79. The Labute approximate surface area is 186 Å². The van der Waals surface area contributed by atoms with E-state index in [4.69, 9.17) is 13.9 Å². The summed E-state index contributed by atoms with van der Waals surface area (Å²) in [7, 11) is 1.43. The number of ether oxygens (including phenoxy) is 2. The third-order valence-corrected chi connectivity index (χ3v) is 5.50. The highest BCUT2D eigenvalue weighted by Crippen LogP contribution is 2.45. The summed E-state index contributed by atoms with van der Waals surface area (Å²) in [6.45, 7) is 7.80. The zero-order valence-electron chi connectivity index (χ0n) is 18.8. The van der Waals surface area contributed by atoms with E-state index in [0.29, 0.717) is 28.9 Å². The molecule has 2 heterocycles. The molecular weight excluding hydrogens is 408 g/mol. The summed E-state index contributed by atoms with van der Waals surface area (Å²) in [5.74, 6) is 0.567. The van der Waals surface area contributed by atoms with Crippen LogP contribution in [0.25, 0.3) is 28.2 Å². The third-order valence-electron chi connectivity index (χ3n) is 5.50. The predicted molar refractivity (Wildman–Crippen MR) is 125 cm³/mol. The monoisotopic (exact) mass is 434 g/mol. The molecular formula is C26H26O6. The number of aromatic hydroxyl groups is 2. The SMILES string of the molecule is COc1cc(-c2coc3c4c(c(CC=C(C)C)c(O)c3c2=O)OC(C)(C)C=C4)ccc1O. The molecule has 1 aromatic heterocycles. The Bertz CT molecular complexity index is 1340. The zero-order valence-corrected chi connectivity index (χ0v) is 18.8. The topological polar surface area (TPSA) is 89.1 Å². The van der Waals surface area contributed by atoms with Gasteiger partial charge >= 0.3 is 0 Å². The van der Waals surface area contributed by atoms with E-state index in [9.17, 15) is 15.0 Å². The number of benzene rings is 2. The molecule has 1 aliphatic heterocycles.